The molecule has 55 heavy (non-hydrogen) atoms. The number of esters is 1. The molecular weight excluding hydrogens is 706 g/mol. The van der Waals surface area contributed by atoms with E-state index < -0.39 is 53.2 Å². The van der Waals surface area contributed by atoms with Crippen molar-refractivity contribution in [3.63, 3.8) is 0 Å². The summed E-state index contributed by atoms with van der Waals surface area (Å²) in [6, 6.07) is 14.8. The quantitative estimate of drug-likeness (QED) is 0.339. The predicted molar refractivity (Wildman–Crippen MR) is 203 cm³/mol. The zero-order valence-electron chi connectivity index (χ0n) is 32.4. The molecule has 6 rings (SSSR count). The van der Waals surface area contributed by atoms with Crippen LogP contribution in [0, 0.1) is 5.92 Å². The van der Waals surface area contributed by atoms with Crippen LogP contribution in [-0.4, -0.2) is 108 Å². The van der Waals surface area contributed by atoms with Crippen LogP contribution in [0.4, 0.5) is 4.79 Å². The number of hydrogen-bond donors (Lipinski definition) is 2. The van der Waals surface area contributed by atoms with Gasteiger partial charge in [-0.2, -0.15) is 0 Å². The number of nitrogens with zero attached hydrogens (tertiary/aromatic N) is 3. The van der Waals surface area contributed by atoms with Crippen LogP contribution < -0.4 is 20.1 Å². The third kappa shape index (κ3) is 8.95. The van der Waals surface area contributed by atoms with Crippen molar-refractivity contribution >= 4 is 40.7 Å². The molecule has 1 aliphatic carbocycles. The molecule has 1 unspecified atom stereocenters. The summed E-state index contributed by atoms with van der Waals surface area (Å²) in [6.07, 6.45) is 1.13. The van der Waals surface area contributed by atoms with Crippen molar-refractivity contribution in [3.05, 3.63) is 54.6 Å². The van der Waals surface area contributed by atoms with Gasteiger partial charge in [0.25, 0.3) is 0 Å². The summed E-state index contributed by atoms with van der Waals surface area (Å²) >= 11 is 0. The SMILES string of the molecule is COC(=O)[C@@]12CC1CCCCN(C(C)=O)CC[C@H](NC(=O)OC(C)(C)C)C(=O)N1C[C@H](Oc3cc(-c4ccccc4)nc4cc(OC)ccc34)C[C@H]1C(=O)N2. The van der Waals surface area contributed by atoms with E-state index in [9.17, 15) is 24.0 Å². The highest BCUT2D eigenvalue weighted by molar-refractivity contribution is 5.96. The van der Waals surface area contributed by atoms with Gasteiger partial charge in [-0.25, -0.2) is 14.6 Å². The lowest BCUT2D eigenvalue weighted by molar-refractivity contribution is -0.148. The second-order valence-electron chi connectivity index (χ2n) is 15.6. The minimum atomic E-state index is -1.22. The average Bonchev–Trinajstić information content (AvgIpc) is 3.68. The van der Waals surface area contributed by atoms with Crippen molar-refractivity contribution < 1.29 is 42.9 Å². The number of ether oxygens (including phenoxy) is 4. The van der Waals surface area contributed by atoms with Crippen LogP contribution in [0.1, 0.15) is 66.2 Å². The second kappa shape index (κ2) is 16.1. The van der Waals surface area contributed by atoms with E-state index in [0.29, 0.717) is 60.3 Å². The van der Waals surface area contributed by atoms with E-state index in [0.717, 1.165) is 5.56 Å². The molecular formula is C41H51N5O9. The first-order valence-corrected chi connectivity index (χ1v) is 18.9. The fraction of sp³-hybridized carbons (Fsp3) is 0.512. The number of aromatic nitrogens is 1. The van der Waals surface area contributed by atoms with E-state index in [1.807, 2.05) is 54.6 Å². The molecule has 294 valence electrons. The number of methoxy groups -OCH3 is 2. The van der Waals surface area contributed by atoms with Gasteiger partial charge in [0.2, 0.25) is 17.7 Å². The standard InChI is InChI=1S/C41H51N5O9/c1-25(47)45-18-11-10-14-27-23-41(27,38(50)53-6)44-36(48)34-21-29(24-46(34)37(49)31(17-19-45)43-39(51)55-40(2,3)4)54-35-22-32(26-12-8-7-9-13-26)42-33-20-28(52-5)15-16-30(33)35/h7-9,12-13,15-16,20,22,27,29,31,34H,10-11,14,17-19,21,23-24H2,1-6H3,(H,43,51)(H,44,48)/t27?,29-,31+,34+,41-/m1/s1. The van der Waals surface area contributed by atoms with Crippen LogP contribution in [0.25, 0.3) is 22.2 Å². The fourth-order valence-electron chi connectivity index (χ4n) is 7.64. The molecule has 2 N–H and O–H groups in total. The van der Waals surface area contributed by atoms with Crippen LogP contribution in [0.15, 0.2) is 54.6 Å². The lowest BCUT2D eigenvalue weighted by atomic mass is 10.1. The maximum atomic E-state index is 14.7. The van der Waals surface area contributed by atoms with Crippen molar-refractivity contribution in [2.24, 2.45) is 5.92 Å². The molecule has 1 saturated carbocycles. The molecule has 3 aliphatic rings. The Morgan fingerprint density at radius 2 is 1.75 bits per heavy atom. The topological polar surface area (TPSA) is 166 Å². The number of alkyl carbamates (subject to hydrolysis) is 1. The maximum absolute atomic E-state index is 14.7. The summed E-state index contributed by atoms with van der Waals surface area (Å²) in [5, 5.41) is 6.42. The molecule has 5 atom stereocenters. The summed E-state index contributed by atoms with van der Waals surface area (Å²) in [6.45, 7) is 7.25. The van der Waals surface area contributed by atoms with E-state index in [1.54, 1.807) is 32.8 Å². The van der Waals surface area contributed by atoms with Gasteiger partial charge in [-0.15, -0.1) is 0 Å². The Kier molecular flexibility index (Phi) is 11.5. The first-order valence-electron chi connectivity index (χ1n) is 18.9. The fourth-order valence-corrected chi connectivity index (χ4v) is 7.64. The Morgan fingerprint density at radius 3 is 2.44 bits per heavy atom. The molecule has 2 aromatic carbocycles. The number of fused-ring (bicyclic) bond motifs is 3. The molecule has 3 heterocycles. The molecule has 2 aliphatic heterocycles. The van der Waals surface area contributed by atoms with Gasteiger partial charge in [0.15, 0.2) is 0 Å². The van der Waals surface area contributed by atoms with Gasteiger partial charge in [-0.05, 0) is 64.5 Å². The molecule has 0 spiro atoms. The van der Waals surface area contributed by atoms with Crippen molar-refractivity contribution in [2.75, 3.05) is 33.9 Å². The first kappa shape index (κ1) is 39.3. The highest BCUT2D eigenvalue weighted by Crippen LogP contribution is 2.48. The number of benzene rings is 2. The van der Waals surface area contributed by atoms with Gasteiger partial charge in [-0.1, -0.05) is 36.8 Å². The highest BCUT2D eigenvalue weighted by atomic mass is 16.6. The van der Waals surface area contributed by atoms with E-state index in [-0.39, 0.29) is 37.8 Å². The van der Waals surface area contributed by atoms with Crippen LogP contribution in [0.2, 0.25) is 0 Å². The van der Waals surface area contributed by atoms with Crippen molar-refractivity contribution in [3.8, 4) is 22.8 Å². The Morgan fingerprint density at radius 1 is 0.982 bits per heavy atom. The normalized spacial score (nSPS) is 24.7. The van der Waals surface area contributed by atoms with Gasteiger partial charge in [0, 0.05) is 49.5 Å². The average molecular weight is 758 g/mol. The van der Waals surface area contributed by atoms with Crippen LogP contribution in [0.5, 0.6) is 11.5 Å². The van der Waals surface area contributed by atoms with Crippen molar-refractivity contribution in [2.45, 2.75) is 95.5 Å². The van der Waals surface area contributed by atoms with Gasteiger partial charge in [0.1, 0.15) is 40.8 Å². The maximum Gasteiger partial charge on any atom is 0.408 e. The molecule has 3 aromatic rings. The lowest BCUT2D eigenvalue weighted by Gasteiger charge is -2.31. The Hall–Kier alpha value is -5.40. The smallest absolute Gasteiger partial charge is 0.408 e. The zero-order chi connectivity index (χ0) is 39.5. The van der Waals surface area contributed by atoms with E-state index in [4.69, 9.17) is 23.9 Å². The van der Waals surface area contributed by atoms with Crippen LogP contribution >= 0.6 is 0 Å². The summed E-state index contributed by atoms with van der Waals surface area (Å²) in [5.74, 6) is -0.793. The third-order valence-electron chi connectivity index (χ3n) is 10.5. The second-order valence-corrected chi connectivity index (χ2v) is 15.6. The summed E-state index contributed by atoms with van der Waals surface area (Å²) < 4.78 is 22.9. The van der Waals surface area contributed by atoms with Crippen LogP contribution in [0.3, 0.4) is 0 Å². The minimum Gasteiger partial charge on any atom is -0.497 e. The Bertz CT molecular complexity index is 1930. The third-order valence-corrected chi connectivity index (χ3v) is 10.5. The summed E-state index contributed by atoms with van der Waals surface area (Å²) in [4.78, 5) is 76.0. The molecule has 14 heteroatoms. The summed E-state index contributed by atoms with van der Waals surface area (Å²) in [5.41, 5.74) is 0.0995. The monoisotopic (exact) mass is 757 g/mol. The Labute approximate surface area is 321 Å². The highest BCUT2D eigenvalue weighted by Gasteiger charge is 2.62. The molecule has 14 nitrogen and oxygen atoms in total. The van der Waals surface area contributed by atoms with Crippen molar-refractivity contribution in [1.29, 1.82) is 0 Å². The van der Waals surface area contributed by atoms with Crippen molar-refractivity contribution in [1.82, 2.24) is 25.4 Å². The first-order chi connectivity index (χ1) is 26.2. The Balaban J connectivity index is 1.37. The molecule has 2 saturated heterocycles. The molecule has 3 fully saturated rings. The number of hydrogen-bond acceptors (Lipinski definition) is 10. The number of pyridine rings is 1. The van der Waals surface area contributed by atoms with Crippen LogP contribution in [-0.2, 0) is 28.7 Å². The van der Waals surface area contributed by atoms with E-state index in [1.165, 1.54) is 18.9 Å². The minimum absolute atomic E-state index is 0.00483. The number of nitrogens with one attached hydrogen (secondary N) is 2. The van der Waals surface area contributed by atoms with E-state index in [2.05, 4.69) is 10.6 Å². The number of amides is 4. The molecule has 0 radical (unpaired) electrons. The van der Waals surface area contributed by atoms with Gasteiger partial charge in [-0.3, -0.25) is 14.4 Å². The number of carbonyl (C=O) groups excluding carboxylic acids is 5. The summed E-state index contributed by atoms with van der Waals surface area (Å²) in [7, 11) is 2.87. The molecule has 0 bridgehead atoms. The van der Waals surface area contributed by atoms with Gasteiger partial charge >= 0.3 is 12.1 Å². The lowest BCUT2D eigenvalue weighted by Crippen LogP contribution is -2.57. The van der Waals surface area contributed by atoms with Gasteiger partial charge in [0.05, 0.1) is 32.0 Å². The van der Waals surface area contributed by atoms with Gasteiger partial charge < -0.3 is 39.4 Å². The molecule has 4 amide bonds. The number of rotatable bonds is 6. The number of carbonyl (C=O) groups is 5. The largest absolute Gasteiger partial charge is 0.497 e. The van der Waals surface area contributed by atoms with E-state index >= 15 is 0 Å². The predicted octanol–water partition coefficient (Wildman–Crippen LogP) is 4.62. The molecule has 1 aromatic heterocycles. The zero-order valence-corrected chi connectivity index (χ0v) is 32.4.